The predicted octanol–water partition coefficient (Wildman–Crippen LogP) is 7.91. The van der Waals surface area contributed by atoms with Gasteiger partial charge in [-0.3, -0.25) is 4.98 Å². The summed E-state index contributed by atoms with van der Waals surface area (Å²) in [6, 6.07) is 12.8. The average molecular weight is 890 g/mol. The molecule has 1 saturated heterocycles. The summed E-state index contributed by atoms with van der Waals surface area (Å²) in [7, 11) is 4.12. The Bertz CT molecular complexity index is 2510. The van der Waals surface area contributed by atoms with Crippen LogP contribution in [-0.4, -0.2) is 118 Å². The van der Waals surface area contributed by atoms with Gasteiger partial charge in [-0.25, -0.2) is 9.97 Å². The first kappa shape index (κ1) is 43.6. The number of thioether (sulfide) groups is 2. The van der Waals surface area contributed by atoms with Crippen LogP contribution in [0, 0.1) is 6.92 Å². The van der Waals surface area contributed by atoms with Gasteiger partial charge in [-0.2, -0.15) is 0 Å². The Balaban J connectivity index is 0.000000160. The van der Waals surface area contributed by atoms with Crippen LogP contribution in [-0.2, 0) is 50.9 Å². The lowest BCUT2D eigenvalue weighted by Gasteiger charge is -2.21. The number of rotatable bonds is 13. The molecule has 0 aliphatic carbocycles. The van der Waals surface area contributed by atoms with E-state index in [9.17, 15) is 0 Å². The van der Waals surface area contributed by atoms with E-state index in [1.165, 1.54) is 22.3 Å². The fourth-order valence-corrected chi connectivity index (χ4v) is 10.7. The zero-order valence-electron chi connectivity index (χ0n) is 37.1. The number of hydrogen-bond acceptors (Lipinski definition) is 14. The molecule has 0 unspecified atom stereocenters. The molecule has 0 atom stereocenters. The lowest BCUT2D eigenvalue weighted by Crippen LogP contribution is -2.27. The second kappa shape index (κ2) is 20.5. The van der Waals surface area contributed by atoms with Gasteiger partial charge in [0.25, 0.3) is 0 Å². The summed E-state index contributed by atoms with van der Waals surface area (Å²) >= 11 is 3.60. The number of fused-ring (bicyclic) bond motifs is 4. The minimum atomic E-state index is 0.487. The highest BCUT2D eigenvalue weighted by Gasteiger charge is 2.23. The lowest BCUT2D eigenvalue weighted by molar-refractivity contribution is 0.0828. The van der Waals surface area contributed by atoms with E-state index >= 15 is 0 Å². The first-order valence-electron chi connectivity index (χ1n) is 22.7. The van der Waals surface area contributed by atoms with Crippen molar-refractivity contribution >= 4 is 45.7 Å². The van der Waals surface area contributed by atoms with Crippen molar-refractivity contribution in [3.63, 3.8) is 0 Å². The maximum Gasteiger partial charge on any atom is 0.195 e. The number of aromatic nitrogens is 9. The number of benzene rings is 2. The molecule has 0 amide bonds. The van der Waals surface area contributed by atoms with Crippen LogP contribution in [0.25, 0.3) is 33.6 Å². The summed E-state index contributed by atoms with van der Waals surface area (Å²) in [5.41, 5.74) is 10.5. The van der Waals surface area contributed by atoms with Gasteiger partial charge in [-0.15, -0.1) is 20.4 Å². The highest BCUT2D eigenvalue weighted by atomic mass is 32.2. The van der Waals surface area contributed by atoms with E-state index in [-0.39, 0.29) is 0 Å². The van der Waals surface area contributed by atoms with Crippen LogP contribution in [0.5, 0.6) is 0 Å². The fraction of sp³-hybridized carbons (Fsp3) is 0.511. The van der Waals surface area contributed by atoms with E-state index in [4.69, 9.17) is 13.6 Å². The quantitative estimate of drug-likeness (QED) is 0.0818. The molecule has 5 aromatic heterocycles. The fourth-order valence-electron chi connectivity index (χ4n) is 9.00. The molecule has 16 heteroatoms. The molecule has 1 fully saturated rings. The van der Waals surface area contributed by atoms with E-state index in [0.29, 0.717) is 5.92 Å². The average Bonchev–Trinajstić information content (AvgIpc) is 4.02. The van der Waals surface area contributed by atoms with Crippen molar-refractivity contribution in [3.05, 3.63) is 88.7 Å². The summed E-state index contributed by atoms with van der Waals surface area (Å²) in [4.78, 5) is 18.4. The van der Waals surface area contributed by atoms with Crippen molar-refractivity contribution in [2.75, 3.05) is 64.0 Å². The van der Waals surface area contributed by atoms with Crippen LogP contribution in [0.4, 0.5) is 0 Å². The van der Waals surface area contributed by atoms with Gasteiger partial charge in [0.05, 0.1) is 0 Å². The minimum Gasteiger partial charge on any atom is -0.441 e. The number of hydrogen-bond donors (Lipinski definition) is 0. The van der Waals surface area contributed by atoms with Crippen LogP contribution < -0.4 is 0 Å². The Labute approximate surface area is 378 Å². The largest absolute Gasteiger partial charge is 0.441 e. The summed E-state index contributed by atoms with van der Waals surface area (Å²) in [6.45, 7) is 12.3. The summed E-state index contributed by atoms with van der Waals surface area (Å²) in [5.74, 6) is 6.13. The zero-order chi connectivity index (χ0) is 43.1. The maximum absolute atomic E-state index is 5.87. The van der Waals surface area contributed by atoms with Crippen LogP contribution in [0.1, 0.15) is 78.4 Å². The maximum atomic E-state index is 5.87. The standard InChI is InChI=1S/C24H28N6OS.C23H31N5O2S/c1-3-22-26-20-14-17-7-11-30(12-8-18(17)15-21(20)31-22)10-5-13-32-24-28-27-23(29(24)2)19-6-4-9-25-16-19;1-16-24-20-14-18-4-9-28(10-5-19(18)15-21(20)30-16)8-3-13-31-23-26-25-22(27(23)2)17-6-11-29-12-7-17/h4,6,9,14-16H,3,5,7-8,10-13H2,1-2H3;14-15,17H,3-13H2,1-2H3. The summed E-state index contributed by atoms with van der Waals surface area (Å²) in [5, 5.41) is 19.6. The van der Waals surface area contributed by atoms with Crippen molar-refractivity contribution in [2.24, 2.45) is 14.1 Å². The van der Waals surface area contributed by atoms with Crippen molar-refractivity contribution in [2.45, 2.75) is 87.9 Å². The summed E-state index contributed by atoms with van der Waals surface area (Å²) in [6.07, 6.45) is 13.1. The van der Waals surface area contributed by atoms with E-state index in [2.05, 4.69) is 92.5 Å². The molecule has 0 radical (unpaired) electrons. The van der Waals surface area contributed by atoms with E-state index in [1.54, 1.807) is 18.0 Å². The molecule has 3 aliphatic rings. The molecule has 14 nitrogen and oxygen atoms in total. The third kappa shape index (κ3) is 10.5. The normalized spacial score (nSPS) is 16.4. The van der Waals surface area contributed by atoms with Gasteiger partial charge in [-0.1, -0.05) is 30.4 Å². The van der Waals surface area contributed by atoms with E-state index in [1.807, 2.05) is 44.1 Å². The first-order chi connectivity index (χ1) is 30.9. The Morgan fingerprint density at radius 2 is 1.29 bits per heavy atom. The van der Waals surface area contributed by atoms with Gasteiger partial charge >= 0.3 is 0 Å². The molecule has 3 aliphatic heterocycles. The molecular weight excluding hydrogens is 831 g/mol. The third-order valence-electron chi connectivity index (χ3n) is 12.6. The minimum absolute atomic E-state index is 0.487. The second-order valence-corrected chi connectivity index (χ2v) is 19.0. The third-order valence-corrected chi connectivity index (χ3v) is 14.8. The van der Waals surface area contributed by atoms with E-state index in [0.717, 1.165) is 183 Å². The smallest absolute Gasteiger partial charge is 0.195 e. The first-order valence-corrected chi connectivity index (χ1v) is 24.6. The van der Waals surface area contributed by atoms with Gasteiger partial charge in [0.1, 0.15) is 16.9 Å². The Hall–Kier alpha value is -4.61. The van der Waals surface area contributed by atoms with Gasteiger partial charge in [0.2, 0.25) is 0 Å². The van der Waals surface area contributed by atoms with Gasteiger partial charge < -0.3 is 32.5 Å². The second-order valence-electron chi connectivity index (χ2n) is 16.9. The molecule has 0 spiro atoms. The lowest BCUT2D eigenvalue weighted by atomic mass is 10.00. The topological polar surface area (TPSA) is 142 Å². The number of pyridine rings is 1. The van der Waals surface area contributed by atoms with Crippen molar-refractivity contribution < 1.29 is 13.6 Å². The number of oxazole rings is 2. The molecule has 10 rings (SSSR count). The van der Waals surface area contributed by atoms with Crippen LogP contribution in [0.15, 0.2) is 67.9 Å². The molecule has 0 N–H and O–H groups in total. The van der Waals surface area contributed by atoms with Crippen LogP contribution in [0.2, 0.25) is 0 Å². The Kier molecular flexibility index (Phi) is 14.2. The molecular formula is C47H59N11O3S2. The monoisotopic (exact) mass is 889 g/mol. The highest BCUT2D eigenvalue weighted by Crippen LogP contribution is 2.30. The highest BCUT2D eigenvalue weighted by molar-refractivity contribution is 7.99. The van der Waals surface area contributed by atoms with Crippen LogP contribution >= 0.6 is 23.5 Å². The molecule has 2 aromatic carbocycles. The molecule has 0 bridgehead atoms. The van der Waals surface area contributed by atoms with Crippen LogP contribution in [0.3, 0.4) is 0 Å². The molecule has 63 heavy (non-hydrogen) atoms. The van der Waals surface area contributed by atoms with E-state index < -0.39 is 0 Å². The Morgan fingerprint density at radius 3 is 1.90 bits per heavy atom. The van der Waals surface area contributed by atoms with Gasteiger partial charge in [0.15, 0.2) is 39.1 Å². The number of nitrogens with zero attached hydrogens (tertiary/aromatic N) is 11. The molecule has 8 heterocycles. The summed E-state index contributed by atoms with van der Waals surface area (Å²) < 4.78 is 21.3. The van der Waals surface area contributed by atoms with Crippen molar-refractivity contribution in [1.29, 1.82) is 0 Å². The zero-order valence-corrected chi connectivity index (χ0v) is 38.7. The van der Waals surface area contributed by atoms with Crippen molar-refractivity contribution in [1.82, 2.24) is 54.3 Å². The predicted molar refractivity (Wildman–Crippen MR) is 249 cm³/mol. The van der Waals surface area contributed by atoms with Gasteiger partial charge in [0, 0.05) is 102 Å². The molecule has 0 saturated carbocycles. The SMILES string of the molecule is CCc1nc2cc3c(cc2o1)CCN(CCCSc1nnc(-c2cccnc2)n1C)CC3.Cc1nc2cc3c(cc2o1)CCN(CCCSc1nnc(C2CCOCC2)n1C)CC3. The molecule has 7 aromatic rings. The van der Waals surface area contributed by atoms with Gasteiger partial charge in [-0.05, 0) is 123 Å². The number of ether oxygens (including phenoxy) is 1. The van der Waals surface area contributed by atoms with Crippen molar-refractivity contribution in [3.8, 4) is 11.4 Å². The molecule has 332 valence electrons. The number of aryl methyl sites for hydroxylation is 2. The Morgan fingerprint density at radius 1 is 0.698 bits per heavy atom.